The van der Waals surface area contributed by atoms with E-state index in [9.17, 15) is 14.0 Å². The molecule has 4 rings (SSSR count). The van der Waals surface area contributed by atoms with E-state index >= 15 is 0 Å². The van der Waals surface area contributed by atoms with Crippen molar-refractivity contribution in [3.63, 3.8) is 0 Å². The average molecular weight is 584 g/mol. The van der Waals surface area contributed by atoms with Gasteiger partial charge in [-0.25, -0.2) is 14.2 Å². The molecule has 0 saturated carbocycles. The van der Waals surface area contributed by atoms with Crippen molar-refractivity contribution in [2.75, 3.05) is 31.2 Å². The third-order valence-corrected chi connectivity index (χ3v) is 8.39. The van der Waals surface area contributed by atoms with E-state index in [2.05, 4.69) is 15.0 Å². The lowest BCUT2D eigenvalue weighted by molar-refractivity contribution is 0.00383. The van der Waals surface area contributed by atoms with Gasteiger partial charge >= 0.3 is 5.97 Å². The number of aryl methyl sites for hydroxylation is 1. The Hall–Kier alpha value is -2.53. The van der Waals surface area contributed by atoms with Gasteiger partial charge in [0.1, 0.15) is 22.0 Å². The number of anilines is 1. The molecule has 0 bridgehead atoms. The van der Waals surface area contributed by atoms with Crippen LogP contribution in [0.5, 0.6) is 0 Å². The maximum absolute atomic E-state index is 14.6. The molecule has 3 aromatic rings. The first kappa shape index (κ1) is 28.5. The highest BCUT2D eigenvalue weighted by atomic mass is 35.5. The second-order valence-corrected chi connectivity index (χ2v) is 10.7. The van der Waals surface area contributed by atoms with E-state index in [1.807, 2.05) is 11.8 Å². The number of H-pyrrole nitrogens is 1. The molecule has 3 aromatic heterocycles. The number of nitrogens with one attached hydrogen (secondary N) is 1. The summed E-state index contributed by atoms with van der Waals surface area (Å²) in [6.07, 6.45) is 2.90. The van der Waals surface area contributed by atoms with Gasteiger partial charge in [-0.1, -0.05) is 41.5 Å². The molecule has 12 heteroatoms. The Morgan fingerprint density at radius 2 is 2.05 bits per heavy atom. The predicted molar refractivity (Wildman–Crippen MR) is 146 cm³/mol. The Kier molecular flexibility index (Phi) is 9.40. The largest absolute Gasteiger partial charge is 0.462 e. The number of hydrogen-bond donors (Lipinski definition) is 1. The molecule has 0 unspecified atom stereocenters. The average Bonchev–Trinajstić information content (AvgIpc) is 3.46. The summed E-state index contributed by atoms with van der Waals surface area (Å²) in [5, 5.41) is 1.13. The van der Waals surface area contributed by atoms with Crippen molar-refractivity contribution in [1.29, 1.82) is 0 Å². The molecule has 1 aliphatic rings. The summed E-state index contributed by atoms with van der Waals surface area (Å²) in [5.74, 6) is -1.33. The van der Waals surface area contributed by atoms with Gasteiger partial charge < -0.3 is 19.4 Å². The van der Waals surface area contributed by atoms with Gasteiger partial charge in [-0.05, 0) is 44.7 Å². The van der Waals surface area contributed by atoms with Crippen molar-refractivity contribution in [3.05, 3.63) is 50.5 Å². The first-order valence-corrected chi connectivity index (χ1v) is 14.0. The highest BCUT2D eigenvalue weighted by Gasteiger charge is 2.35. The fraction of sp³-hybridized carbons (Fsp3) is 0.462. The number of carbonyl (C=O) groups excluding carboxylic acids is 2. The highest BCUT2D eigenvalue weighted by Crippen LogP contribution is 2.37. The quantitative estimate of drug-likeness (QED) is 0.219. The van der Waals surface area contributed by atoms with Gasteiger partial charge in [0.15, 0.2) is 16.7 Å². The lowest BCUT2D eigenvalue weighted by atomic mass is 9.88. The summed E-state index contributed by atoms with van der Waals surface area (Å²) in [6, 6.07) is 2.76. The molecule has 0 aliphatic carbocycles. The van der Waals surface area contributed by atoms with Crippen molar-refractivity contribution >= 4 is 51.4 Å². The number of ketones is 1. The smallest absolute Gasteiger partial charge is 0.350 e. The molecule has 38 heavy (non-hydrogen) atoms. The molecule has 8 nitrogen and oxygen atoms in total. The van der Waals surface area contributed by atoms with Gasteiger partial charge in [-0.2, -0.15) is 0 Å². The first-order chi connectivity index (χ1) is 18.2. The number of rotatable bonds is 10. The van der Waals surface area contributed by atoms with Crippen molar-refractivity contribution in [3.8, 4) is 11.4 Å². The Morgan fingerprint density at radius 1 is 1.26 bits per heavy atom. The van der Waals surface area contributed by atoms with Crippen LogP contribution < -0.4 is 4.90 Å². The van der Waals surface area contributed by atoms with E-state index in [1.165, 1.54) is 18.3 Å². The number of thiazole rings is 1. The van der Waals surface area contributed by atoms with E-state index in [0.29, 0.717) is 47.7 Å². The molecule has 1 N–H and O–H groups in total. The maximum atomic E-state index is 14.6. The van der Waals surface area contributed by atoms with Gasteiger partial charge in [-0.3, -0.25) is 9.78 Å². The molecule has 204 valence electrons. The highest BCUT2D eigenvalue weighted by molar-refractivity contribution is 7.17. The number of aromatic amines is 1. The Bertz CT molecular complexity index is 1310. The number of piperidine rings is 1. The molecular weight excluding hydrogens is 554 g/mol. The SMILES string of the molecule is CCCO[C@H]1CN(c2nc(-c3ncccc3F)c(C(=O)OCC)s2)CC[C@H]1CC(=O)c1[nH]c(C)c(Cl)c1Cl. The zero-order valence-electron chi connectivity index (χ0n) is 21.4. The minimum absolute atomic E-state index is 0.00546. The molecular formula is C26H29Cl2FN4O4S. The monoisotopic (exact) mass is 582 g/mol. The van der Waals surface area contributed by atoms with Crippen LogP contribution in [-0.2, 0) is 9.47 Å². The minimum atomic E-state index is -0.577. The lowest BCUT2D eigenvalue weighted by Crippen LogP contribution is -2.46. The molecule has 1 aliphatic heterocycles. The van der Waals surface area contributed by atoms with Gasteiger partial charge in [0.05, 0.1) is 22.8 Å². The van der Waals surface area contributed by atoms with Gasteiger partial charge in [-0.15, -0.1) is 0 Å². The van der Waals surface area contributed by atoms with E-state index in [4.69, 9.17) is 32.7 Å². The molecule has 0 amide bonds. The van der Waals surface area contributed by atoms with Gasteiger partial charge in [0, 0.05) is 38.0 Å². The van der Waals surface area contributed by atoms with E-state index in [0.717, 1.165) is 17.8 Å². The molecule has 0 radical (unpaired) electrons. The summed E-state index contributed by atoms with van der Waals surface area (Å²) >= 11 is 13.6. The van der Waals surface area contributed by atoms with Crippen LogP contribution in [0.2, 0.25) is 10.0 Å². The number of carbonyl (C=O) groups is 2. The fourth-order valence-electron chi connectivity index (χ4n) is 4.43. The molecule has 4 heterocycles. The normalized spacial score (nSPS) is 17.6. The van der Waals surface area contributed by atoms with Gasteiger partial charge in [0.25, 0.3) is 0 Å². The van der Waals surface area contributed by atoms with Crippen LogP contribution in [0.15, 0.2) is 18.3 Å². The number of hydrogen-bond acceptors (Lipinski definition) is 8. The number of pyridine rings is 1. The van der Waals surface area contributed by atoms with Crippen LogP contribution in [0.4, 0.5) is 9.52 Å². The van der Waals surface area contributed by atoms with Crippen LogP contribution in [0, 0.1) is 18.7 Å². The number of ether oxygens (including phenoxy) is 2. The predicted octanol–water partition coefficient (Wildman–Crippen LogP) is 6.36. The van der Waals surface area contributed by atoms with Crippen molar-refractivity contribution < 1.29 is 23.5 Å². The summed E-state index contributed by atoms with van der Waals surface area (Å²) in [6.45, 7) is 7.23. The van der Waals surface area contributed by atoms with Crippen LogP contribution in [0.25, 0.3) is 11.4 Å². The zero-order valence-corrected chi connectivity index (χ0v) is 23.7. The van der Waals surface area contributed by atoms with Crippen LogP contribution in [-0.4, -0.2) is 59.1 Å². The maximum Gasteiger partial charge on any atom is 0.350 e. The molecule has 2 atom stereocenters. The Labute approximate surface area is 234 Å². The van der Waals surface area contributed by atoms with Crippen LogP contribution in [0.3, 0.4) is 0 Å². The Balaban J connectivity index is 1.58. The third kappa shape index (κ3) is 6.03. The summed E-state index contributed by atoms with van der Waals surface area (Å²) in [5.41, 5.74) is 1.11. The second-order valence-electron chi connectivity index (χ2n) is 9.01. The number of aromatic nitrogens is 3. The summed E-state index contributed by atoms with van der Waals surface area (Å²) in [4.78, 5) is 39.7. The number of halogens is 3. The van der Waals surface area contributed by atoms with E-state index in [1.54, 1.807) is 13.8 Å². The summed E-state index contributed by atoms with van der Waals surface area (Å²) < 4.78 is 26.0. The van der Waals surface area contributed by atoms with Crippen LogP contribution in [0.1, 0.15) is 59.0 Å². The minimum Gasteiger partial charge on any atom is -0.462 e. The second kappa shape index (κ2) is 12.5. The standard InChI is InChI=1S/C26H29Cl2FN4O4S/c1-4-11-37-18-13-33(10-8-15(18)12-17(34)22-20(28)19(27)14(3)31-22)26-32-23(21-16(29)7-6-9-30-21)24(38-26)25(35)36-5-2/h6-7,9,15,18,31H,4-5,8,10-13H2,1-3H3/t15-,18-/m0/s1. The zero-order chi connectivity index (χ0) is 27.4. The number of esters is 1. The fourth-order valence-corrected chi connectivity index (χ4v) is 5.87. The van der Waals surface area contributed by atoms with Crippen molar-refractivity contribution in [2.45, 2.75) is 46.1 Å². The molecule has 1 saturated heterocycles. The van der Waals surface area contributed by atoms with Crippen molar-refractivity contribution in [1.82, 2.24) is 15.0 Å². The Morgan fingerprint density at radius 3 is 2.71 bits per heavy atom. The van der Waals surface area contributed by atoms with Crippen LogP contribution >= 0.6 is 34.5 Å². The van der Waals surface area contributed by atoms with E-state index in [-0.39, 0.29) is 52.1 Å². The van der Waals surface area contributed by atoms with Gasteiger partial charge in [0.2, 0.25) is 0 Å². The van der Waals surface area contributed by atoms with E-state index < -0.39 is 11.8 Å². The molecule has 1 fully saturated rings. The topological polar surface area (TPSA) is 97.4 Å². The molecule has 0 spiro atoms. The number of Topliss-reactive ketones (excluding diaryl/α,β-unsaturated/α-hetero) is 1. The molecule has 0 aromatic carbocycles. The van der Waals surface area contributed by atoms with Crippen molar-refractivity contribution in [2.24, 2.45) is 5.92 Å². The number of nitrogens with zero attached hydrogens (tertiary/aromatic N) is 3. The third-order valence-electron chi connectivity index (χ3n) is 6.34. The summed E-state index contributed by atoms with van der Waals surface area (Å²) in [7, 11) is 0. The first-order valence-electron chi connectivity index (χ1n) is 12.5. The lowest BCUT2D eigenvalue weighted by Gasteiger charge is -2.38.